The van der Waals surface area contributed by atoms with E-state index in [4.69, 9.17) is 0 Å². The molecule has 1 amide bonds. The Labute approximate surface area is 165 Å². The molecule has 0 bridgehead atoms. The van der Waals surface area contributed by atoms with Crippen LogP contribution in [0, 0.1) is 18.6 Å². The number of quaternary nitrogens is 2. The van der Waals surface area contributed by atoms with Crippen molar-refractivity contribution in [1.29, 1.82) is 0 Å². The molecule has 0 radical (unpaired) electrons. The highest BCUT2D eigenvalue weighted by molar-refractivity contribution is 5.77. The first kappa shape index (κ1) is 20.4. The Hall–Kier alpha value is -2.31. The lowest BCUT2D eigenvalue weighted by molar-refractivity contribution is -0.917. The van der Waals surface area contributed by atoms with E-state index in [-0.39, 0.29) is 18.5 Å². The maximum atomic E-state index is 13.9. The fraction of sp³-hybridized carbons (Fsp3) is 0.409. The molecule has 3 N–H and O–H groups in total. The summed E-state index contributed by atoms with van der Waals surface area (Å²) in [6.07, 6.45) is 0. The van der Waals surface area contributed by atoms with Gasteiger partial charge in [-0.15, -0.1) is 0 Å². The lowest BCUT2D eigenvalue weighted by atomic mass is 10.1. The Morgan fingerprint density at radius 3 is 2.57 bits per heavy atom. The summed E-state index contributed by atoms with van der Waals surface area (Å²) < 4.78 is 26.9. The minimum absolute atomic E-state index is 0.0734. The standard InChI is InChI=1S/C22H27F2N3O/c1-16-5-3-4-6-18(16)15-26-9-11-27(12-10-26)22(28)14-25-17(2)20-8-7-19(23)13-21(20)24/h3-8,13,17,25H,9-12,14-15H2,1-2H3/p+2/t17-/m0/s1. The number of halogens is 2. The van der Waals surface area contributed by atoms with E-state index >= 15 is 0 Å². The molecule has 4 nitrogen and oxygen atoms in total. The number of aryl methyl sites for hydroxylation is 1. The molecule has 2 aromatic rings. The third-order valence-electron chi connectivity index (χ3n) is 5.62. The smallest absolute Gasteiger partial charge is 0.278 e. The number of hydrogen-bond donors (Lipinski definition) is 2. The average molecular weight is 389 g/mol. The highest BCUT2D eigenvalue weighted by atomic mass is 19.1. The van der Waals surface area contributed by atoms with Crippen LogP contribution >= 0.6 is 0 Å². The van der Waals surface area contributed by atoms with E-state index in [0.717, 1.165) is 38.8 Å². The van der Waals surface area contributed by atoms with Crippen molar-refractivity contribution < 1.29 is 23.8 Å². The molecule has 1 heterocycles. The van der Waals surface area contributed by atoms with Crippen LogP contribution in [0.2, 0.25) is 0 Å². The molecule has 6 heteroatoms. The zero-order valence-electron chi connectivity index (χ0n) is 16.6. The van der Waals surface area contributed by atoms with Crippen LogP contribution in [0.5, 0.6) is 0 Å². The molecule has 0 aliphatic carbocycles. The van der Waals surface area contributed by atoms with Crippen molar-refractivity contribution in [3.05, 3.63) is 70.8 Å². The minimum Gasteiger partial charge on any atom is -0.332 e. The highest BCUT2D eigenvalue weighted by Gasteiger charge is 2.25. The summed E-state index contributed by atoms with van der Waals surface area (Å²) in [6.45, 7) is 8.57. The van der Waals surface area contributed by atoms with Crippen molar-refractivity contribution in [2.45, 2.75) is 26.4 Å². The molecule has 1 aliphatic rings. The summed E-state index contributed by atoms with van der Waals surface area (Å²) >= 11 is 0. The van der Waals surface area contributed by atoms with Crippen LogP contribution < -0.4 is 10.2 Å². The number of carbonyl (C=O) groups excluding carboxylic acids is 1. The fourth-order valence-electron chi connectivity index (χ4n) is 3.73. The highest BCUT2D eigenvalue weighted by Crippen LogP contribution is 2.14. The third-order valence-corrected chi connectivity index (χ3v) is 5.62. The first-order chi connectivity index (χ1) is 13.4. The SMILES string of the molecule is Cc1ccccc1C[NH+]1CCN(C(=O)C[NH2+][C@@H](C)c2ccc(F)cc2F)CC1. The van der Waals surface area contributed by atoms with E-state index in [1.54, 1.807) is 0 Å². The van der Waals surface area contributed by atoms with Crippen molar-refractivity contribution in [2.24, 2.45) is 0 Å². The van der Waals surface area contributed by atoms with Gasteiger partial charge in [0.05, 0.1) is 26.2 Å². The monoisotopic (exact) mass is 389 g/mol. The van der Waals surface area contributed by atoms with Gasteiger partial charge in [0.2, 0.25) is 0 Å². The van der Waals surface area contributed by atoms with Crippen LogP contribution in [0.25, 0.3) is 0 Å². The summed E-state index contributed by atoms with van der Waals surface area (Å²) in [5, 5.41) is 1.81. The van der Waals surface area contributed by atoms with Crippen LogP contribution in [-0.4, -0.2) is 43.5 Å². The first-order valence-electron chi connectivity index (χ1n) is 9.88. The van der Waals surface area contributed by atoms with Crippen LogP contribution in [-0.2, 0) is 11.3 Å². The van der Waals surface area contributed by atoms with Gasteiger partial charge in [-0.1, -0.05) is 24.3 Å². The number of hydrogen-bond acceptors (Lipinski definition) is 1. The molecule has 1 atom stereocenters. The molecular weight excluding hydrogens is 360 g/mol. The number of nitrogens with two attached hydrogens (primary N) is 1. The zero-order valence-corrected chi connectivity index (χ0v) is 16.6. The van der Waals surface area contributed by atoms with E-state index in [1.807, 2.05) is 17.1 Å². The quantitative estimate of drug-likeness (QED) is 0.755. The molecule has 28 heavy (non-hydrogen) atoms. The Kier molecular flexibility index (Phi) is 6.75. The van der Waals surface area contributed by atoms with Crippen molar-refractivity contribution >= 4 is 5.91 Å². The average Bonchev–Trinajstić information content (AvgIpc) is 2.68. The van der Waals surface area contributed by atoms with E-state index < -0.39 is 11.6 Å². The van der Waals surface area contributed by atoms with Gasteiger partial charge >= 0.3 is 0 Å². The molecule has 1 saturated heterocycles. The second kappa shape index (κ2) is 9.26. The second-order valence-electron chi connectivity index (χ2n) is 7.63. The number of amides is 1. The van der Waals surface area contributed by atoms with Crippen molar-refractivity contribution in [3.63, 3.8) is 0 Å². The van der Waals surface area contributed by atoms with Crippen molar-refractivity contribution in [2.75, 3.05) is 32.7 Å². The van der Waals surface area contributed by atoms with Gasteiger partial charge in [0, 0.05) is 17.2 Å². The fourth-order valence-corrected chi connectivity index (χ4v) is 3.73. The molecule has 1 fully saturated rings. The Balaban J connectivity index is 1.45. The minimum atomic E-state index is -0.587. The molecule has 1 aliphatic heterocycles. The summed E-state index contributed by atoms with van der Waals surface area (Å²) in [4.78, 5) is 15.9. The summed E-state index contributed by atoms with van der Waals surface area (Å²) in [5.41, 5.74) is 3.09. The van der Waals surface area contributed by atoms with Gasteiger partial charge in [-0.2, -0.15) is 0 Å². The molecule has 0 unspecified atom stereocenters. The van der Waals surface area contributed by atoms with Gasteiger partial charge in [0.25, 0.3) is 5.91 Å². The van der Waals surface area contributed by atoms with E-state index in [2.05, 4.69) is 31.2 Å². The number of rotatable bonds is 6. The molecule has 150 valence electrons. The van der Waals surface area contributed by atoms with Crippen LogP contribution in [0.1, 0.15) is 29.7 Å². The molecule has 3 rings (SSSR count). The van der Waals surface area contributed by atoms with Crippen LogP contribution in [0.4, 0.5) is 8.78 Å². The van der Waals surface area contributed by atoms with Gasteiger partial charge in [-0.25, -0.2) is 8.78 Å². The number of benzene rings is 2. The maximum Gasteiger partial charge on any atom is 0.278 e. The van der Waals surface area contributed by atoms with E-state index in [1.165, 1.54) is 28.2 Å². The Morgan fingerprint density at radius 2 is 1.89 bits per heavy atom. The lowest BCUT2D eigenvalue weighted by Crippen LogP contribution is -3.13. The normalized spacial score (nSPS) is 16.2. The third kappa shape index (κ3) is 5.14. The summed E-state index contributed by atoms with van der Waals surface area (Å²) in [6, 6.07) is 11.8. The van der Waals surface area contributed by atoms with Gasteiger partial charge < -0.3 is 15.1 Å². The Bertz CT molecular complexity index is 819. The number of piperazine rings is 1. The number of carbonyl (C=O) groups is 1. The predicted octanol–water partition coefficient (Wildman–Crippen LogP) is 0.825. The largest absolute Gasteiger partial charge is 0.332 e. The maximum absolute atomic E-state index is 13.9. The molecule has 0 aromatic heterocycles. The predicted molar refractivity (Wildman–Crippen MR) is 104 cm³/mol. The number of nitrogens with zero attached hydrogens (tertiary/aromatic N) is 1. The topological polar surface area (TPSA) is 41.4 Å². The van der Waals surface area contributed by atoms with Crippen molar-refractivity contribution in [1.82, 2.24) is 4.90 Å². The van der Waals surface area contributed by atoms with Crippen molar-refractivity contribution in [3.8, 4) is 0 Å². The van der Waals surface area contributed by atoms with Gasteiger partial charge in [0.1, 0.15) is 24.2 Å². The molecule has 0 saturated carbocycles. The molecule has 2 aromatic carbocycles. The van der Waals surface area contributed by atoms with Gasteiger partial charge in [-0.3, -0.25) is 4.79 Å². The lowest BCUT2D eigenvalue weighted by Gasteiger charge is -2.32. The Morgan fingerprint density at radius 1 is 1.18 bits per heavy atom. The zero-order chi connectivity index (χ0) is 20.1. The summed E-state index contributed by atoms with van der Waals surface area (Å²) in [7, 11) is 0. The van der Waals surface area contributed by atoms with Crippen LogP contribution in [0.3, 0.4) is 0 Å². The van der Waals surface area contributed by atoms with Crippen LogP contribution in [0.15, 0.2) is 42.5 Å². The van der Waals surface area contributed by atoms with E-state index in [0.29, 0.717) is 5.56 Å². The molecular formula is C22H29F2N3O+2. The first-order valence-corrected chi connectivity index (χ1v) is 9.88. The number of nitrogens with one attached hydrogen (secondary N) is 1. The van der Waals surface area contributed by atoms with E-state index in [9.17, 15) is 13.6 Å². The second-order valence-corrected chi connectivity index (χ2v) is 7.63. The summed E-state index contributed by atoms with van der Waals surface area (Å²) in [5.74, 6) is -1.08. The van der Waals surface area contributed by atoms with Gasteiger partial charge in [-0.05, 0) is 31.5 Å². The van der Waals surface area contributed by atoms with Gasteiger partial charge in [0.15, 0.2) is 6.54 Å². The molecule has 0 spiro atoms.